The largest absolute Gasteiger partial charge is 0.378 e. The lowest BCUT2D eigenvalue weighted by molar-refractivity contribution is -0.0542. The number of anilines is 1. The molecular weight excluding hydrogens is 591 g/mol. The Morgan fingerprint density at radius 3 is 2.59 bits per heavy atom. The van der Waals surface area contributed by atoms with Gasteiger partial charge in [0.1, 0.15) is 5.82 Å². The number of hydrogen-bond donors (Lipinski definition) is 4. The molecule has 6 rings (SSSR count). The third kappa shape index (κ3) is 6.77. The number of piperidine rings is 1. The van der Waals surface area contributed by atoms with Crippen LogP contribution in [0.4, 0.5) is 19.7 Å². The summed E-state index contributed by atoms with van der Waals surface area (Å²) >= 11 is 0. The van der Waals surface area contributed by atoms with E-state index in [1.807, 2.05) is 0 Å². The number of urea groups is 2. The molecule has 0 aliphatic carbocycles. The molecule has 12 heteroatoms. The van der Waals surface area contributed by atoms with Crippen LogP contribution < -0.4 is 20.9 Å². The van der Waals surface area contributed by atoms with Gasteiger partial charge >= 0.3 is 12.1 Å². The van der Waals surface area contributed by atoms with Gasteiger partial charge in [0.15, 0.2) is 6.29 Å². The molecule has 4 heterocycles. The van der Waals surface area contributed by atoms with Crippen molar-refractivity contribution < 1.29 is 28.6 Å². The number of aliphatic hydroxyl groups is 1. The minimum atomic E-state index is -1.47. The number of rotatable bonds is 10. The Labute approximate surface area is 269 Å². The van der Waals surface area contributed by atoms with Crippen molar-refractivity contribution in [3.63, 3.8) is 0 Å². The van der Waals surface area contributed by atoms with Crippen LogP contribution in [0, 0.1) is 18.7 Å². The average Bonchev–Trinajstić information content (AvgIpc) is 3.81. The number of para-hydroxylation sites is 1. The minimum Gasteiger partial charge on any atom is -0.378 e. The van der Waals surface area contributed by atoms with Crippen LogP contribution in [-0.2, 0) is 9.47 Å². The zero-order chi connectivity index (χ0) is 32.4. The van der Waals surface area contributed by atoms with E-state index in [9.17, 15) is 19.1 Å². The van der Waals surface area contributed by atoms with Gasteiger partial charge in [-0.2, -0.15) is 0 Å². The number of hydrogen-bond acceptors (Lipinski definition) is 8. The maximum absolute atomic E-state index is 14.8. The lowest BCUT2D eigenvalue weighted by Crippen LogP contribution is -2.56. The fourth-order valence-corrected chi connectivity index (χ4v) is 7.17. The van der Waals surface area contributed by atoms with E-state index in [1.165, 1.54) is 31.5 Å². The lowest BCUT2D eigenvalue weighted by atomic mass is 9.92. The van der Waals surface area contributed by atoms with E-state index in [-0.39, 0.29) is 23.8 Å². The number of likely N-dealkylation sites (tertiary alicyclic amines) is 1. The van der Waals surface area contributed by atoms with Crippen molar-refractivity contribution >= 4 is 17.7 Å². The number of nitrogens with one attached hydrogen (secondary N) is 3. The number of amides is 4. The zero-order valence-corrected chi connectivity index (χ0v) is 26.8. The van der Waals surface area contributed by atoms with Crippen molar-refractivity contribution in [3.05, 3.63) is 76.2 Å². The number of benzene rings is 2. The van der Waals surface area contributed by atoms with Crippen molar-refractivity contribution in [3.8, 4) is 0 Å². The summed E-state index contributed by atoms with van der Waals surface area (Å²) in [6.45, 7) is 6.92. The molecule has 4 atom stereocenters. The van der Waals surface area contributed by atoms with Crippen LogP contribution in [0.25, 0.3) is 0 Å². The number of halogens is 1. The van der Waals surface area contributed by atoms with E-state index < -0.39 is 30.2 Å². The van der Waals surface area contributed by atoms with Crippen LogP contribution in [0.1, 0.15) is 48.0 Å². The molecule has 4 N–H and O–H groups in total. The summed E-state index contributed by atoms with van der Waals surface area (Å²) in [7, 11) is 2.77. The molecule has 0 radical (unpaired) electrons. The van der Waals surface area contributed by atoms with Gasteiger partial charge in [0.25, 0.3) is 0 Å². The molecule has 2 aromatic rings. The number of methoxy groups -OCH3 is 2. The summed E-state index contributed by atoms with van der Waals surface area (Å²) in [5.41, 5.74) is 3.97. The first-order valence-electron chi connectivity index (χ1n) is 16.2. The highest BCUT2D eigenvalue weighted by Crippen LogP contribution is 2.37. The molecule has 3 unspecified atom stereocenters. The molecule has 0 saturated carbocycles. The van der Waals surface area contributed by atoms with Gasteiger partial charge in [0.05, 0.1) is 18.3 Å². The van der Waals surface area contributed by atoms with Gasteiger partial charge in [0, 0.05) is 70.3 Å². The first-order chi connectivity index (χ1) is 22.3. The average molecular weight is 637 g/mol. The topological polar surface area (TPSA) is 129 Å². The fraction of sp³-hybridized carbons (Fsp3) is 0.529. The smallest absolute Gasteiger partial charge is 0.330 e. The van der Waals surface area contributed by atoms with Crippen LogP contribution >= 0.6 is 0 Å². The van der Waals surface area contributed by atoms with Crippen molar-refractivity contribution in [1.82, 2.24) is 25.8 Å². The highest BCUT2D eigenvalue weighted by molar-refractivity contribution is 5.96. The van der Waals surface area contributed by atoms with Gasteiger partial charge in [-0.05, 0) is 67.5 Å². The number of carbonyl (C=O) groups is 2. The van der Waals surface area contributed by atoms with Crippen molar-refractivity contribution in [2.75, 3.05) is 65.0 Å². The standard InChI is InChI=1S/C34H45FN6O5/c1-21-8-9-23(16-26(21)35)31-30(32(42)46-3)28(20-45-2)38-34(44)41(31)33(43)37-17-22-10-13-40(19-22)24-11-14-39(15-12-24)29-7-5-4-6-25(29)27-18-36-27/h4-9,16,22,24,27,31-32,36,42H,10-15,17-20H2,1-3H3,(H,37,43)(H,38,44)/t22?,27?,31-,32?/m0/s1. The second kappa shape index (κ2) is 14.1. The van der Waals surface area contributed by atoms with Crippen molar-refractivity contribution in [1.29, 1.82) is 0 Å². The first kappa shape index (κ1) is 32.4. The summed E-state index contributed by atoms with van der Waals surface area (Å²) in [6, 6.07) is 11.8. The van der Waals surface area contributed by atoms with Crippen LogP contribution in [0.15, 0.2) is 53.7 Å². The van der Waals surface area contributed by atoms with Crippen LogP contribution in [0.3, 0.4) is 0 Å². The normalized spacial score (nSPS) is 24.7. The SMILES string of the molecule is COCC1=C(C(O)OC)[C@H](c2ccc(C)c(F)c2)N(C(=O)NCC2CCN(C3CCN(c4ccccc4C4CN4)CC3)C2)C(=O)N1. The predicted molar refractivity (Wildman–Crippen MR) is 172 cm³/mol. The summed E-state index contributed by atoms with van der Waals surface area (Å²) < 4.78 is 25.2. The quantitative estimate of drug-likeness (QED) is 0.231. The van der Waals surface area contributed by atoms with E-state index >= 15 is 0 Å². The van der Waals surface area contributed by atoms with Crippen molar-refractivity contribution in [2.45, 2.75) is 50.6 Å². The summed E-state index contributed by atoms with van der Waals surface area (Å²) in [5.74, 6) is -0.250. The lowest BCUT2D eigenvalue weighted by Gasteiger charge is -2.39. The van der Waals surface area contributed by atoms with Gasteiger partial charge in [-0.1, -0.05) is 30.3 Å². The summed E-state index contributed by atoms with van der Waals surface area (Å²) in [5, 5.41) is 19.9. The fourth-order valence-electron chi connectivity index (χ4n) is 7.17. The van der Waals surface area contributed by atoms with Crippen molar-refractivity contribution in [2.24, 2.45) is 5.92 Å². The summed E-state index contributed by atoms with van der Waals surface area (Å²) in [4.78, 5) is 33.2. The monoisotopic (exact) mass is 636 g/mol. The summed E-state index contributed by atoms with van der Waals surface area (Å²) in [6.07, 6.45) is 1.66. The zero-order valence-electron chi connectivity index (χ0n) is 26.8. The third-order valence-electron chi connectivity index (χ3n) is 9.79. The molecule has 4 aliphatic heterocycles. The maximum Gasteiger partial charge on any atom is 0.330 e. The number of imide groups is 1. The first-order valence-corrected chi connectivity index (χ1v) is 16.2. The molecule has 248 valence electrons. The Morgan fingerprint density at radius 1 is 1.13 bits per heavy atom. The van der Waals surface area contributed by atoms with Crippen LogP contribution in [0.5, 0.6) is 0 Å². The second-order valence-corrected chi connectivity index (χ2v) is 12.7. The Balaban J connectivity index is 1.10. The van der Waals surface area contributed by atoms with Gasteiger partial charge < -0.3 is 35.4 Å². The number of aliphatic hydroxyl groups excluding tert-OH is 1. The van der Waals surface area contributed by atoms with Crippen LogP contribution in [0.2, 0.25) is 0 Å². The number of carbonyl (C=O) groups excluding carboxylic acids is 2. The molecule has 2 aromatic carbocycles. The second-order valence-electron chi connectivity index (χ2n) is 12.7. The molecule has 0 bridgehead atoms. The van der Waals surface area contributed by atoms with Crippen LogP contribution in [-0.4, -0.2) is 99.4 Å². The molecule has 11 nitrogen and oxygen atoms in total. The third-order valence-corrected chi connectivity index (χ3v) is 9.79. The van der Waals surface area contributed by atoms with E-state index in [1.54, 1.807) is 19.1 Å². The Kier molecular flexibility index (Phi) is 9.90. The molecule has 3 fully saturated rings. The minimum absolute atomic E-state index is 0.0388. The molecule has 0 spiro atoms. The van der Waals surface area contributed by atoms with E-state index in [4.69, 9.17) is 9.47 Å². The highest BCUT2D eigenvalue weighted by Gasteiger charge is 2.43. The Morgan fingerprint density at radius 2 is 1.89 bits per heavy atom. The van der Waals surface area contributed by atoms with Gasteiger partial charge in [-0.25, -0.2) is 18.9 Å². The molecule has 4 aliphatic rings. The molecule has 46 heavy (non-hydrogen) atoms. The predicted octanol–water partition coefficient (Wildman–Crippen LogP) is 3.41. The van der Waals surface area contributed by atoms with E-state index in [0.29, 0.717) is 29.8 Å². The van der Waals surface area contributed by atoms with Gasteiger partial charge in [-0.3, -0.25) is 4.90 Å². The molecular formula is C34H45FN6O5. The van der Waals surface area contributed by atoms with Gasteiger partial charge in [-0.15, -0.1) is 0 Å². The molecule has 3 saturated heterocycles. The Bertz CT molecular complexity index is 1460. The molecule has 4 amide bonds. The molecule has 0 aromatic heterocycles. The Hall–Kier alpha value is -3.55. The maximum atomic E-state index is 14.8. The number of nitrogens with zero attached hydrogens (tertiary/aromatic N) is 3. The number of ether oxygens (including phenoxy) is 2. The highest BCUT2D eigenvalue weighted by atomic mass is 19.1. The van der Waals surface area contributed by atoms with Gasteiger partial charge in [0.2, 0.25) is 0 Å². The number of aryl methyl sites for hydroxylation is 1. The van der Waals surface area contributed by atoms with E-state index in [0.717, 1.165) is 56.9 Å². The van der Waals surface area contributed by atoms with E-state index in [2.05, 4.69) is 50.0 Å².